The van der Waals surface area contributed by atoms with Crippen LogP contribution in [0.5, 0.6) is 0 Å². The van der Waals surface area contributed by atoms with Crippen molar-refractivity contribution in [2.45, 2.75) is 25.8 Å². The molecule has 1 aromatic carbocycles. The van der Waals surface area contributed by atoms with E-state index in [0.29, 0.717) is 15.3 Å². The van der Waals surface area contributed by atoms with Crippen molar-refractivity contribution in [3.8, 4) is 0 Å². The lowest BCUT2D eigenvalue weighted by molar-refractivity contribution is 0.309. The fourth-order valence-corrected chi connectivity index (χ4v) is 2.42. The fraction of sp³-hybridized carbons (Fsp3) is 0.455. The molecule has 0 bridgehead atoms. The number of nitrogens with two attached hydrogens (primary N) is 1. The van der Waals surface area contributed by atoms with Gasteiger partial charge in [-0.05, 0) is 47.4 Å². The van der Waals surface area contributed by atoms with Gasteiger partial charge in [-0.2, -0.15) is 0 Å². The van der Waals surface area contributed by atoms with Crippen LogP contribution in [0.15, 0.2) is 12.1 Å². The van der Waals surface area contributed by atoms with Crippen LogP contribution in [-0.2, 0) is 0 Å². The molecule has 0 unspecified atom stereocenters. The maximum Gasteiger partial charge on any atom is 0.138 e. The van der Waals surface area contributed by atoms with Gasteiger partial charge in [-0.25, -0.2) is 4.39 Å². The summed E-state index contributed by atoms with van der Waals surface area (Å²) in [5.41, 5.74) is 7.17. The van der Waals surface area contributed by atoms with E-state index in [2.05, 4.69) is 12.2 Å². The number of halogens is 2. The van der Waals surface area contributed by atoms with Crippen LogP contribution in [0.1, 0.15) is 19.8 Å². The molecule has 2 nitrogen and oxygen atoms in total. The van der Waals surface area contributed by atoms with Gasteiger partial charge in [-0.1, -0.05) is 6.92 Å². The Morgan fingerprint density at radius 3 is 2.73 bits per heavy atom. The number of benzene rings is 1. The molecular weight excluding hydrogens is 306 g/mol. The van der Waals surface area contributed by atoms with Crippen LogP contribution in [0.4, 0.5) is 15.8 Å². The minimum absolute atomic E-state index is 0.209. The first-order valence-electron chi connectivity index (χ1n) is 5.07. The fourth-order valence-electron chi connectivity index (χ4n) is 1.93. The Morgan fingerprint density at radius 2 is 2.13 bits per heavy atom. The molecule has 2 rings (SSSR count). The van der Waals surface area contributed by atoms with Gasteiger partial charge >= 0.3 is 0 Å². The second-order valence-corrected chi connectivity index (χ2v) is 5.43. The third-order valence-corrected chi connectivity index (χ3v) is 3.65. The summed E-state index contributed by atoms with van der Waals surface area (Å²) in [5.74, 6) is 0.567. The van der Waals surface area contributed by atoms with Crippen molar-refractivity contribution in [1.82, 2.24) is 0 Å². The van der Waals surface area contributed by atoms with Crippen molar-refractivity contribution >= 4 is 34.0 Å². The van der Waals surface area contributed by atoms with Crippen LogP contribution in [0.3, 0.4) is 0 Å². The van der Waals surface area contributed by atoms with E-state index in [0.717, 1.165) is 24.4 Å². The van der Waals surface area contributed by atoms with Crippen molar-refractivity contribution in [2.24, 2.45) is 5.92 Å². The van der Waals surface area contributed by atoms with Crippen molar-refractivity contribution in [2.75, 3.05) is 11.1 Å². The third kappa shape index (κ3) is 2.35. The van der Waals surface area contributed by atoms with Crippen LogP contribution in [0.2, 0.25) is 0 Å². The van der Waals surface area contributed by atoms with Gasteiger partial charge in [0.2, 0.25) is 0 Å². The van der Waals surface area contributed by atoms with E-state index in [-0.39, 0.29) is 5.82 Å². The van der Waals surface area contributed by atoms with E-state index in [1.165, 1.54) is 6.07 Å². The first-order chi connectivity index (χ1) is 7.06. The minimum Gasteiger partial charge on any atom is -0.397 e. The van der Waals surface area contributed by atoms with Gasteiger partial charge in [0, 0.05) is 12.1 Å². The van der Waals surface area contributed by atoms with Crippen LogP contribution in [-0.4, -0.2) is 6.04 Å². The van der Waals surface area contributed by atoms with Gasteiger partial charge in [0.1, 0.15) is 5.82 Å². The summed E-state index contributed by atoms with van der Waals surface area (Å²) in [7, 11) is 0. The number of anilines is 2. The minimum atomic E-state index is -0.209. The molecule has 1 aromatic rings. The number of nitrogen functional groups attached to an aromatic ring is 1. The van der Waals surface area contributed by atoms with Crippen LogP contribution >= 0.6 is 22.6 Å². The smallest absolute Gasteiger partial charge is 0.138 e. The maximum absolute atomic E-state index is 13.3. The molecule has 0 radical (unpaired) electrons. The summed E-state index contributed by atoms with van der Waals surface area (Å²) >= 11 is 1.94. The zero-order valence-corrected chi connectivity index (χ0v) is 10.7. The molecule has 15 heavy (non-hydrogen) atoms. The van der Waals surface area contributed by atoms with E-state index >= 15 is 0 Å². The number of rotatable bonds is 2. The summed E-state index contributed by atoms with van der Waals surface area (Å²) in [6, 6.07) is 3.61. The van der Waals surface area contributed by atoms with Crippen molar-refractivity contribution in [1.29, 1.82) is 0 Å². The van der Waals surface area contributed by atoms with Gasteiger partial charge < -0.3 is 11.1 Å². The topological polar surface area (TPSA) is 38.0 Å². The Hall–Kier alpha value is -0.520. The largest absolute Gasteiger partial charge is 0.397 e. The van der Waals surface area contributed by atoms with Crippen molar-refractivity contribution in [3.05, 3.63) is 21.5 Å². The molecule has 0 atom stereocenters. The van der Waals surface area contributed by atoms with Crippen LogP contribution in [0.25, 0.3) is 0 Å². The molecule has 0 spiro atoms. The van der Waals surface area contributed by atoms with Crippen molar-refractivity contribution in [3.63, 3.8) is 0 Å². The molecule has 3 N–H and O–H groups in total. The molecule has 1 fully saturated rings. The Kier molecular flexibility index (Phi) is 3.04. The Labute approximate surface area is 103 Å². The predicted molar refractivity (Wildman–Crippen MR) is 69.3 cm³/mol. The van der Waals surface area contributed by atoms with E-state index < -0.39 is 0 Å². The van der Waals surface area contributed by atoms with E-state index in [9.17, 15) is 4.39 Å². The SMILES string of the molecule is CC1CC(Nc2cc(F)c(I)cc2N)C1. The first-order valence-corrected chi connectivity index (χ1v) is 6.15. The predicted octanol–water partition coefficient (Wildman–Crippen LogP) is 3.22. The number of nitrogens with one attached hydrogen (secondary N) is 1. The van der Waals surface area contributed by atoms with Gasteiger partial charge in [0.05, 0.1) is 14.9 Å². The molecule has 82 valence electrons. The maximum atomic E-state index is 13.3. The molecule has 4 heteroatoms. The van der Waals surface area contributed by atoms with Crippen LogP contribution in [0, 0.1) is 15.3 Å². The standard InChI is InChI=1S/C11H14FIN2/c1-6-2-7(3-6)15-11-4-8(12)9(13)5-10(11)14/h4-7,15H,2-3,14H2,1H3. The molecule has 1 saturated carbocycles. The number of hydrogen-bond acceptors (Lipinski definition) is 2. The zero-order valence-electron chi connectivity index (χ0n) is 8.56. The third-order valence-electron chi connectivity index (χ3n) is 2.83. The Morgan fingerprint density at radius 1 is 1.47 bits per heavy atom. The van der Waals surface area contributed by atoms with Gasteiger partial charge in [0.15, 0.2) is 0 Å². The lowest BCUT2D eigenvalue weighted by atomic mass is 9.82. The highest BCUT2D eigenvalue weighted by molar-refractivity contribution is 14.1. The lowest BCUT2D eigenvalue weighted by Crippen LogP contribution is -2.34. The highest BCUT2D eigenvalue weighted by Gasteiger charge is 2.25. The summed E-state index contributed by atoms with van der Waals surface area (Å²) in [6.07, 6.45) is 2.29. The molecule has 0 amide bonds. The van der Waals surface area contributed by atoms with E-state index in [1.54, 1.807) is 6.07 Å². The number of hydrogen-bond donors (Lipinski definition) is 2. The molecule has 0 aromatic heterocycles. The molecular formula is C11H14FIN2. The van der Waals surface area contributed by atoms with Crippen molar-refractivity contribution < 1.29 is 4.39 Å². The second-order valence-electron chi connectivity index (χ2n) is 4.27. The first kappa shape index (κ1) is 11.0. The Balaban J connectivity index is 2.11. The van der Waals surface area contributed by atoms with Crippen LogP contribution < -0.4 is 11.1 Å². The molecule has 0 aliphatic heterocycles. The van der Waals surface area contributed by atoms with E-state index in [1.807, 2.05) is 22.6 Å². The average molecular weight is 320 g/mol. The summed E-state index contributed by atoms with van der Waals surface area (Å²) in [4.78, 5) is 0. The average Bonchev–Trinajstić information content (AvgIpc) is 2.11. The normalized spacial score (nSPS) is 24.7. The summed E-state index contributed by atoms with van der Waals surface area (Å²) in [5, 5.41) is 3.28. The van der Waals surface area contributed by atoms with Gasteiger partial charge in [-0.15, -0.1) is 0 Å². The highest BCUT2D eigenvalue weighted by atomic mass is 127. The van der Waals surface area contributed by atoms with Gasteiger partial charge in [0.25, 0.3) is 0 Å². The molecule has 0 heterocycles. The second kappa shape index (κ2) is 4.15. The lowest BCUT2D eigenvalue weighted by Gasteiger charge is -2.34. The van der Waals surface area contributed by atoms with Gasteiger partial charge in [-0.3, -0.25) is 0 Å². The quantitative estimate of drug-likeness (QED) is 0.649. The summed E-state index contributed by atoms with van der Waals surface area (Å²) < 4.78 is 13.9. The Bertz CT molecular complexity index is 375. The highest BCUT2D eigenvalue weighted by Crippen LogP contribution is 2.32. The molecule has 1 aliphatic carbocycles. The van der Waals surface area contributed by atoms with E-state index in [4.69, 9.17) is 5.73 Å². The summed E-state index contributed by atoms with van der Waals surface area (Å²) in [6.45, 7) is 2.22. The zero-order chi connectivity index (χ0) is 11.0. The monoisotopic (exact) mass is 320 g/mol. The molecule has 1 aliphatic rings. The molecule has 0 saturated heterocycles.